The maximum absolute atomic E-state index is 12.0. The van der Waals surface area contributed by atoms with Gasteiger partial charge in [-0.05, 0) is 36.8 Å². The van der Waals surface area contributed by atoms with Crippen LogP contribution in [-0.2, 0) is 6.54 Å². The molecule has 1 atom stereocenters. The molecule has 1 aromatic heterocycles. The van der Waals surface area contributed by atoms with Crippen LogP contribution >= 0.6 is 11.6 Å². The Morgan fingerprint density at radius 2 is 1.88 bits per heavy atom. The van der Waals surface area contributed by atoms with Gasteiger partial charge in [0.05, 0.1) is 6.04 Å². The molecule has 0 aliphatic carbocycles. The molecule has 7 heteroatoms. The number of carbonyl (C=O) groups excluding carboxylic acids is 1. The van der Waals surface area contributed by atoms with Crippen LogP contribution in [0.5, 0.6) is 0 Å². The van der Waals surface area contributed by atoms with E-state index in [0.717, 1.165) is 11.1 Å². The average molecular weight is 356 g/mol. The minimum absolute atomic E-state index is 0.263. The topological polar surface area (TPSA) is 82.7 Å². The zero-order chi connectivity index (χ0) is 17.6. The molecule has 0 radical (unpaired) electrons. The average Bonchev–Trinajstić information content (AvgIpc) is 3.12. The van der Waals surface area contributed by atoms with Crippen LogP contribution in [0, 0.1) is 0 Å². The number of urea groups is 1. The Labute approximate surface area is 150 Å². The highest BCUT2D eigenvalue weighted by Gasteiger charge is 2.14. The van der Waals surface area contributed by atoms with Crippen LogP contribution in [0.25, 0.3) is 11.4 Å². The first kappa shape index (κ1) is 17.0. The van der Waals surface area contributed by atoms with Crippen molar-refractivity contribution < 1.29 is 4.79 Å². The van der Waals surface area contributed by atoms with E-state index in [1.807, 2.05) is 49.4 Å². The van der Waals surface area contributed by atoms with E-state index >= 15 is 0 Å². The summed E-state index contributed by atoms with van der Waals surface area (Å²) in [5, 5.41) is 13.4. The smallest absolute Gasteiger partial charge is 0.315 e. The van der Waals surface area contributed by atoms with Crippen molar-refractivity contribution in [3.63, 3.8) is 0 Å². The number of benzene rings is 2. The van der Waals surface area contributed by atoms with Crippen LogP contribution in [0.3, 0.4) is 0 Å². The molecule has 0 saturated heterocycles. The highest BCUT2D eigenvalue weighted by molar-refractivity contribution is 6.30. The molecule has 0 saturated carbocycles. The molecule has 2 aromatic carbocycles. The van der Waals surface area contributed by atoms with Gasteiger partial charge >= 0.3 is 6.03 Å². The number of rotatable bonds is 5. The van der Waals surface area contributed by atoms with Crippen molar-refractivity contribution in [1.82, 2.24) is 25.8 Å². The first-order valence-electron chi connectivity index (χ1n) is 7.88. The maximum Gasteiger partial charge on any atom is 0.315 e. The lowest BCUT2D eigenvalue weighted by atomic mass is 10.2. The maximum atomic E-state index is 12.0. The second kappa shape index (κ2) is 7.81. The number of hydrogen-bond donors (Lipinski definition) is 3. The molecule has 1 heterocycles. The Kier molecular flexibility index (Phi) is 5.30. The van der Waals surface area contributed by atoms with Crippen LogP contribution in [-0.4, -0.2) is 21.2 Å². The Morgan fingerprint density at radius 1 is 1.16 bits per heavy atom. The first-order valence-corrected chi connectivity index (χ1v) is 8.26. The minimum Gasteiger partial charge on any atom is -0.334 e. The van der Waals surface area contributed by atoms with Gasteiger partial charge in [-0.3, -0.25) is 5.10 Å². The normalized spacial score (nSPS) is 11.8. The van der Waals surface area contributed by atoms with Gasteiger partial charge < -0.3 is 10.6 Å². The van der Waals surface area contributed by atoms with Crippen LogP contribution in [0.4, 0.5) is 4.79 Å². The summed E-state index contributed by atoms with van der Waals surface area (Å²) < 4.78 is 0. The molecule has 128 valence electrons. The monoisotopic (exact) mass is 355 g/mol. The molecule has 3 rings (SSSR count). The van der Waals surface area contributed by atoms with E-state index in [9.17, 15) is 4.79 Å². The fourth-order valence-electron chi connectivity index (χ4n) is 2.29. The van der Waals surface area contributed by atoms with E-state index in [0.29, 0.717) is 23.2 Å². The van der Waals surface area contributed by atoms with Gasteiger partial charge in [-0.2, -0.15) is 5.10 Å². The van der Waals surface area contributed by atoms with E-state index in [1.54, 1.807) is 12.1 Å². The SMILES string of the molecule is C[C@@H](NC(=O)NCc1ccccc1)c1nc(-c2ccc(Cl)cc2)n[nH]1. The zero-order valence-electron chi connectivity index (χ0n) is 13.7. The molecule has 0 fully saturated rings. The molecule has 0 unspecified atom stereocenters. The molecule has 0 spiro atoms. The molecule has 0 bridgehead atoms. The molecule has 0 aliphatic heterocycles. The Morgan fingerprint density at radius 3 is 2.60 bits per heavy atom. The summed E-state index contributed by atoms with van der Waals surface area (Å²) in [6, 6.07) is 16.4. The number of nitrogens with one attached hydrogen (secondary N) is 3. The largest absolute Gasteiger partial charge is 0.334 e. The van der Waals surface area contributed by atoms with E-state index < -0.39 is 0 Å². The number of carbonyl (C=O) groups is 1. The fourth-order valence-corrected chi connectivity index (χ4v) is 2.42. The number of nitrogens with zero attached hydrogens (tertiary/aromatic N) is 2. The Bertz CT molecular complexity index is 832. The highest BCUT2D eigenvalue weighted by atomic mass is 35.5. The van der Waals surface area contributed by atoms with E-state index in [-0.39, 0.29) is 12.1 Å². The third kappa shape index (κ3) is 4.58. The third-order valence-electron chi connectivity index (χ3n) is 3.66. The van der Waals surface area contributed by atoms with Crippen molar-refractivity contribution >= 4 is 17.6 Å². The second-order valence-electron chi connectivity index (χ2n) is 5.59. The molecular weight excluding hydrogens is 338 g/mol. The summed E-state index contributed by atoms with van der Waals surface area (Å²) >= 11 is 5.88. The molecule has 25 heavy (non-hydrogen) atoms. The Hall–Kier alpha value is -2.86. The molecular formula is C18H18ClN5O. The summed E-state index contributed by atoms with van der Waals surface area (Å²) in [6.07, 6.45) is 0. The quantitative estimate of drug-likeness (QED) is 0.652. The number of aromatic nitrogens is 3. The van der Waals surface area contributed by atoms with E-state index in [1.165, 1.54) is 0 Å². The van der Waals surface area contributed by atoms with Gasteiger partial charge in [0, 0.05) is 17.1 Å². The van der Waals surface area contributed by atoms with Gasteiger partial charge in [0.25, 0.3) is 0 Å². The number of H-pyrrole nitrogens is 1. The van der Waals surface area contributed by atoms with Crippen molar-refractivity contribution in [2.45, 2.75) is 19.5 Å². The fraction of sp³-hybridized carbons (Fsp3) is 0.167. The van der Waals surface area contributed by atoms with E-state index in [2.05, 4.69) is 25.8 Å². The lowest BCUT2D eigenvalue weighted by Gasteiger charge is -2.12. The van der Waals surface area contributed by atoms with Gasteiger partial charge in [-0.15, -0.1) is 0 Å². The summed E-state index contributed by atoms with van der Waals surface area (Å²) in [6.45, 7) is 2.31. The standard InChI is InChI=1S/C18H18ClN5O/c1-12(21-18(25)20-11-13-5-3-2-4-6-13)16-22-17(24-23-16)14-7-9-15(19)10-8-14/h2-10,12H,11H2,1H3,(H2,20,21,25)(H,22,23,24)/t12-/m1/s1. The van der Waals surface area contributed by atoms with Gasteiger partial charge in [-0.25, -0.2) is 9.78 Å². The molecule has 3 N–H and O–H groups in total. The lowest BCUT2D eigenvalue weighted by Crippen LogP contribution is -2.37. The molecule has 3 aromatic rings. The predicted molar refractivity (Wildman–Crippen MR) is 97.1 cm³/mol. The van der Waals surface area contributed by atoms with E-state index in [4.69, 9.17) is 11.6 Å². The summed E-state index contributed by atoms with van der Waals surface area (Å²) in [4.78, 5) is 16.4. The van der Waals surface area contributed by atoms with Gasteiger partial charge in [0.1, 0.15) is 5.82 Å². The number of amides is 2. The first-order chi connectivity index (χ1) is 12.1. The summed E-state index contributed by atoms with van der Waals surface area (Å²) in [7, 11) is 0. The second-order valence-corrected chi connectivity index (χ2v) is 6.02. The van der Waals surface area contributed by atoms with Crippen molar-refractivity contribution in [3.8, 4) is 11.4 Å². The van der Waals surface area contributed by atoms with Crippen molar-refractivity contribution in [3.05, 3.63) is 71.0 Å². The molecule has 2 amide bonds. The van der Waals surface area contributed by atoms with Gasteiger partial charge in [0.2, 0.25) is 0 Å². The minimum atomic E-state index is -0.302. The van der Waals surface area contributed by atoms with Crippen molar-refractivity contribution in [2.75, 3.05) is 0 Å². The summed E-state index contributed by atoms with van der Waals surface area (Å²) in [5.74, 6) is 1.14. The van der Waals surface area contributed by atoms with Crippen LogP contribution in [0.1, 0.15) is 24.4 Å². The zero-order valence-corrected chi connectivity index (χ0v) is 14.4. The molecule has 6 nitrogen and oxygen atoms in total. The van der Waals surface area contributed by atoms with Gasteiger partial charge in [-0.1, -0.05) is 41.9 Å². The van der Waals surface area contributed by atoms with Crippen LogP contribution in [0.2, 0.25) is 5.02 Å². The van der Waals surface area contributed by atoms with Crippen LogP contribution in [0.15, 0.2) is 54.6 Å². The van der Waals surface area contributed by atoms with Gasteiger partial charge in [0.15, 0.2) is 5.82 Å². The van der Waals surface area contributed by atoms with Crippen LogP contribution < -0.4 is 10.6 Å². The summed E-state index contributed by atoms with van der Waals surface area (Å²) in [5.41, 5.74) is 1.89. The Balaban J connectivity index is 1.57. The lowest BCUT2D eigenvalue weighted by molar-refractivity contribution is 0.237. The van der Waals surface area contributed by atoms with Crippen molar-refractivity contribution in [1.29, 1.82) is 0 Å². The third-order valence-corrected chi connectivity index (χ3v) is 3.91. The highest BCUT2D eigenvalue weighted by Crippen LogP contribution is 2.19. The predicted octanol–water partition coefficient (Wildman–Crippen LogP) is 3.69. The number of aromatic amines is 1. The van der Waals surface area contributed by atoms with Crippen molar-refractivity contribution in [2.24, 2.45) is 0 Å². The molecule has 0 aliphatic rings. The number of hydrogen-bond acceptors (Lipinski definition) is 3. The number of halogens is 1.